The van der Waals surface area contributed by atoms with Gasteiger partial charge in [0.25, 0.3) is 0 Å². The lowest BCUT2D eigenvalue weighted by molar-refractivity contribution is -0.324. The molecule has 0 aromatic heterocycles. The van der Waals surface area contributed by atoms with Crippen LogP contribution in [-0.2, 0) is 19.1 Å². The Morgan fingerprint density at radius 2 is 1.49 bits per heavy atom. The Bertz CT molecular complexity index is 1260. The van der Waals surface area contributed by atoms with E-state index in [2.05, 4.69) is 47.6 Å². The van der Waals surface area contributed by atoms with Crippen LogP contribution in [0.4, 0.5) is 0 Å². The van der Waals surface area contributed by atoms with Gasteiger partial charge in [-0.1, -0.05) is 53.2 Å². The highest BCUT2D eigenvalue weighted by molar-refractivity contribution is 5.74. The lowest BCUT2D eigenvalue weighted by Crippen LogP contribution is -2.66. The van der Waals surface area contributed by atoms with Gasteiger partial charge in [-0.2, -0.15) is 0 Å². The molecule has 4 saturated carbocycles. The van der Waals surface area contributed by atoms with Crippen LogP contribution < -0.4 is 0 Å². The Kier molecular flexibility index (Phi) is 7.78. The zero-order chi connectivity index (χ0) is 33.1. The van der Waals surface area contributed by atoms with E-state index in [4.69, 9.17) is 9.47 Å². The first-order valence-electron chi connectivity index (χ1n) is 17.3. The van der Waals surface area contributed by atoms with E-state index < -0.39 is 48.1 Å². The first-order valence-corrected chi connectivity index (χ1v) is 17.3. The number of carboxylic acid groups (broad SMARTS) is 2. The van der Waals surface area contributed by atoms with E-state index in [0.29, 0.717) is 24.2 Å². The fourth-order valence-electron chi connectivity index (χ4n) is 12.1. The maximum Gasteiger partial charge on any atom is 0.335 e. The number of hydrogen-bond donors (Lipinski definition) is 5. The molecule has 6 aliphatic rings. The van der Waals surface area contributed by atoms with E-state index in [-0.39, 0.29) is 33.2 Å². The summed E-state index contributed by atoms with van der Waals surface area (Å²) in [7, 11) is 0. The van der Waals surface area contributed by atoms with Crippen LogP contribution in [0, 0.1) is 50.2 Å². The van der Waals surface area contributed by atoms with E-state index in [1.54, 1.807) is 0 Å². The Hall–Kier alpha value is -1.52. The van der Waals surface area contributed by atoms with Gasteiger partial charge >= 0.3 is 11.9 Å². The molecule has 0 amide bonds. The van der Waals surface area contributed by atoms with Crippen molar-refractivity contribution in [3.63, 3.8) is 0 Å². The molecular formula is C36H56O9. The third-order valence-corrected chi connectivity index (χ3v) is 15.4. The highest BCUT2D eigenvalue weighted by atomic mass is 16.7. The molecule has 5 N–H and O–H groups in total. The van der Waals surface area contributed by atoms with Crippen molar-refractivity contribution < 1.29 is 44.6 Å². The van der Waals surface area contributed by atoms with Gasteiger partial charge in [-0.15, -0.1) is 0 Å². The van der Waals surface area contributed by atoms with E-state index in [0.717, 1.165) is 57.8 Å². The van der Waals surface area contributed by atoms with Gasteiger partial charge in [0.05, 0.1) is 11.5 Å². The predicted molar refractivity (Wildman–Crippen MR) is 166 cm³/mol. The molecule has 1 aliphatic heterocycles. The molecule has 14 atom stereocenters. The maximum absolute atomic E-state index is 12.4. The number of aliphatic carboxylic acids is 2. The molecule has 0 radical (unpaired) electrons. The van der Waals surface area contributed by atoms with Gasteiger partial charge in [-0.25, -0.2) is 4.79 Å². The second-order valence-corrected chi connectivity index (χ2v) is 17.8. The van der Waals surface area contributed by atoms with E-state index in [9.17, 15) is 35.1 Å². The molecule has 5 aliphatic carbocycles. The molecule has 45 heavy (non-hydrogen) atoms. The largest absolute Gasteiger partial charge is 0.481 e. The van der Waals surface area contributed by atoms with Gasteiger partial charge < -0.3 is 35.0 Å². The van der Waals surface area contributed by atoms with Gasteiger partial charge in [-0.3, -0.25) is 4.79 Å². The molecule has 1 heterocycles. The fourth-order valence-corrected chi connectivity index (χ4v) is 12.1. The monoisotopic (exact) mass is 632 g/mol. The summed E-state index contributed by atoms with van der Waals surface area (Å²) in [6.45, 7) is 16.2. The van der Waals surface area contributed by atoms with Gasteiger partial charge in [0.1, 0.15) is 18.3 Å². The Balaban J connectivity index is 1.28. The van der Waals surface area contributed by atoms with Crippen molar-refractivity contribution >= 4 is 11.9 Å². The Morgan fingerprint density at radius 3 is 2.13 bits per heavy atom. The zero-order valence-electron chi connectivity index (χ0n) is 28.2. The molecule has 6 rings (SSSR count). The van der Waals surface area contributed by atoms with Gasteiger partial charge in [0.15, 0.2) is 12.4 Å². The molecule has 0 aromatic rings. The normalized spacial score (nSPS) is 54.0. The van der Waals surface area contributed by atoms with Crippen LogP contribution in [0.15, 0.2) is 11.6 Å². The van der Waals surface area contributed by atoms with Crippen LogP contribution in [0.3, 0.4) is 0 Å². The number of fused-ring (bicyclic) bond motifs is 7. The summed E-state index contributed by atoms with van der Waals surface area (Å²) < 4.78 is 11.9. The third-order valence-electron chi connectivity index (χ3n) is 15.4. The highest BCUT2D eigenvalue weighted by Gasteiger charge is 2.68. The second-order valence-electron chi connectivity index (χ2n) is 17.8. The fraction of sp³-hybridized carbons (Fsp3) is 0.889. The number of aliphatic hydroxyl groups is 3. The van der Waals surface area contributed by atoms with E-state index in [1.807, 2.05) is 6.92 Å². The van der Waals surface area contributed by atoms with Crippen LogP contribution in [0.2, 0.25) is 0 Å². The minimum Gasteiger partial charge on any atom is -0.481 e. The molecule has 9 heteroatoms. The number of hydrogen-bond acceptors (Lipinski definition) is 7. The summed E-state index contributed by atoms with van der Waals surface area (Å²) in [5.74, 6) is -1.03. The summed E-state index contributed by atoms with van der Waals surface area (Å²) in [5, 5.41) is 50.9. The predicted octanol–water partition coefficient (Wildman–Crippen LogP) is 5.15. The molecule has 5 fully saturated rings. The standard InChI is InChI=1S/C36H56O9/c1-31(2)21-10-13-36(7)22(9-8-19-20-18-33(4,30(42)43)15-14-32(20,3)16-17-35(19,36)6)34(21,5)12-11-23(31)44-29-26(39)24(37)25(38)27(45-29)28(40)41/h8,20-27,29,37-39H,9-18H2,1-7H3,(H,40,41)(H,42,43)/t20-,21-,22+,23-,24-,25-,26+,27-,29+,32+,33+,34-,35+,36+/m0/s1. The Morgan fingerprint density at radius 1 is 0.822 bits per heavy atom. The smallest absolute Gasteiger partial charge is 0.335 e. The Labute approximate surface area is 267 Å². The number of allylic oxidation sites excluding steroid dienone is 2. The molecule has 0 unspecified atom stereocenters. The number of rotatable bonds is 4. The average molecular weight is 633 g/mol. The van der Waals surface area contributed by atoms with Crippen molar-refractivity contribution in [2.45, 2.75) is 149 Å². The quantitative estimate of drug-likeness (QED) is 0.209. The van der Waals surface area contributed by atoms with Gasteiger partial charge in [-0.05, 0) is 116 Å². The summed E-state index contributed by atoms with van der Waals surface area (Å²) in [6.07, 6.45) is 3.58. The van der Waals surface area contributed by atoms with Gasteiger partial charge in [0, 0.05) is 0 Å². The SMILES string of the molecule is CC1(C)[C@@H](O[C@@H]2O[C@H](C(=O)O)[C@@H](O)[C@H](O)[C@H]2O)CC[C@]2(C)[C@H]3CC=C4[C@@H]5C[C@](C)(C(=O)O)CC[C@]5(C)CC[C@@]4(C)[C@]3(C)CC[C@@H]12. The minimum atomic E-state index is -1.74. The number of ether oxygens (including phenoxy) is 2. The van der Waals surface area contributed by atoms with Crippen molar-refractivity contribution in [1.29, 1.82) is 0 Å². The first kappa shape index (κ1) is 33.4. The highest BCUT2D eigenvalue weighted by Crippen LogP contribution is 2.75. The number of carbonyl (C=O) groups is 2. The summed E-state index contributed by atoms with van der Waals surface area (Å²) in [5.41, 5.74) is 0.777. The van der Waals surface area contributed by atoms with Crippen LogP contribution in [0.1, 0.15) is 113 Å². The molecule has 0 spiro atoms. The van der Waals surface area contributed by atoms with Crippen molar-refractivity contribution in [3.05, 3.63) is 11.6 Å². The lowest BCUT2D eigenvalue weighted by Gasteiger charge is -2.71. The zero-order valence-corrected chi connectivity index (χ0v) is 28.2. The van der Waals surface area contributed by atoms with Crippen molar-refractivity contribution in [2.24, 2.45) is 50.2 Å². The third kappa shape index (κ3) is 4.57. The van der Waals surface area contributed by atoms with Crippen molar-refractivity contribution in [1.82, 2.24) is 0 Å². The van der Waals surface area contributed by atoms with Crippen LogP contribution in [-0.4, -0.2) is 74.3 Å². The molecule has 0 aromatic carbocycles. The van der Waals surface area contributed by atoms with E-state index >= 15 is 0 Å². The molecule has 0 bridgehead atoms. The summed E-state index contributed by atoms with van der Waals surface area (Å²) >= 11 is 0. The van der Waals surface area contributed by atoms with Crippen LogP contribution in [0.5, 0.6) is 0 Å². The molecular weight excluding hydrogens is 576 g/mol. The van der Waals surface area contributed by atoms with Gasteiger partial charge in [0.2, 0.25) is 0 Å². The molecule has 9 nitrogen and oxygen atoms in total. The van der Waals surface area contributed by atoms with Crippen LogP contribution in [0.25, 0.3) is 0 Å². The molecule has 254 valence electrons. The second kappa shape index (κ2) is 10.5. The lowest BCUT2D eigenvalue weighted by atomic mass is 9.33. The summed E-state index contributed by atoms with van der Waals surface area (Å²) in [4.78, 5) is 24.1. The van der Waals surface area contributed by atoms with E-state index in [1.165, 1.54) is 5.57 Å². The van der Waals surface area contributed by atoms with Crippen LogP contribution >= 0.6 is 0 Å². The first-order chi connectivity index (χ1) is 20.7. The average Bonchev–Trinajstić information content (AvgIpc) is 2.95. The summed E-state index contributed by atoms with van der Waals surface area (Å²) in [6, 6.07) is 0. The minimum absolute atomic E-state index is 0.00514. The maximum atomic E-state index is 12.4. The number of carboxylic acids is 2. The molecule has 1 saturated heterocycles. The number of aliphatic hydroxyl groups excluding tert-OH is 3. The van der Waals surface area contributed by atoms with Crippen molar-refractivity contribution in [3.8, 4) is 0 Å². The van der Waals surface area contributed by atoms with Crippen molar-refractivity contribution in [2.75, 3.05) is 0 Å². The topological polar surface area (TPSA) is 154 Å².